The molecule has 0 fully saturated rings. The van der Waals surface area contributed by atoms with E-state index in [1.165, 1.54) is 37.5 Å². The van der Waals surface area contributed by atoms with Crippen LogP contribution in [0.1, 0.15) is 16.6 Å². The Kier molecular flexibility index (Phi) is 2.44. The van der Waals surface area contributed by atoms with Crippen molar-refractivity contribution in [2.24, 2.45) is 0 Å². The number of fused-ring (bicyclic) bond motifs is 1. The summed E-state index contributed by atoms with van der Waals surface area (Å²) in [5, 5.41) is 0.786. The first-order chi connectivity index (χ1) is 7.13. The average molecular weight is 224 g/mol. The highest BCUT2D eigenvalue weighted by Crippen LogP contribution is 2.38. The van der Waals surface area contributed by atoms with Crippen LogP contribution in [0.15, 0.2) is 18.2 Å². The molecule has 2 nitrogen and oxygen atoms in total. The lowest BCUT2D eigenvalue weighted by molar-refractivity contribution is 0.101. The van der Waals surface area contributed by atoms with E-state index in [0.29, 0.717) is 10.6 Å². The highest BCUT2D eigenvalue weighted by molar-refractivity contribution is 7.21. The third-order valence-electron chi connectivity index (χ3n) is 2.13. The third kappa shape index (κ3) is 1.61. The Balaban J connectivity index is 2.78. The highest BCUT2D eigenvalue weighted by atomic mass is 32.1. The van der Waals surface area contributed by atoms with Crippen molar-refractivity contribution in [3.63, 3.8) is 0 Å². The molecule has 0 spiro atoms. The Morgan fingerprint density at radius 3 is 2.80 bits per heavy atom. The van der Waals surface area contributed by atoms with Gasteiger partial charge in [0, 0.05) is 17.0 Å². The lowest BCUT2D eigenvalue weighted by atomic mass is 10.2. The maximum absolute atomic E-state index is 13.0. The van der Waals surface area contributed by atoms with Crippen LogP contribution in [0.3, 0.4) is 0 Å². The minimum atomic E-state index is -0.304. The fourth-order valence-electron chi connectivity index (χ4n) is 1.48. The van der Waals surface area contributed by atoms with Crippen LogP contribution in [-0.4, -0.2) is 12.9 Å². The standard InChI is InChI=1S/C11H9FO2S/c1-6(13)11-10(14-2)8-4-3-7(12)5-9(8)15-11/h3-5H,1-2H3. The monoisotopic (exact) mass is 224 g/mol. The summed E-state index contributed by atoms with van der Waals surface area (Å²) in [5.74, 6) is 0.178. The Labute approximate surface area is 90.3 Å². The molecule has 0 aliphatic heterocycles. The van der Waals surface area contributed by atoms with Gasteiger partial charge in [-0.2, -0.15) is 0 Å². The van der Waals surface area contributed by atoms with Gasteiger partial charge in [-0.1, -0.05) is 0 Å². The molecular weight excluding hydrogens is 215 g/mol. The number of ether oxygens (including phenoxy) is 1. The van der Waals surface area contributed by atoms with Crippen LogP contribution < -0.4 is 4.74 Å². The number of carbonyl (C=O) groups excluding carboxylic acids is 1. The summed E-state index contributed by atoms with van der Waals surface area (Å²) >= 11 is 1.26. The zero-order valence-corrected chi connectivity index (χ0v) is 9.15. The van der Waals surface area contributed by atoms with Crippen molar-refractivity contribution in [2.45, 2.75) is 6.92 Å². The number of rotatable bonds is 2. The van der Waals surface area contributed by atoms with Gasteiger partial charge in [-0.25, -0.2) is 4.39 Å². The molecule has 0 atom stereocenters. The SMILES string of the molecule is COc1c(C(C)=O)sc2cc(F)ccc12. The molecule has 1 heterocycles. The predicted molar refractivity (Wildman–Crippen MR) is 58.3 cm³/mol. The Hall–Kier alpha value is -1.42. The van der Waals surface area contributed by atoms with E-state index in [-0.39, 0.29) is 11.6 Å². The summed E-state index contributed by atoms with van der Waals surface area (Å²) in [6.45, 7) is 1.48. The second-order valence-electron chi connectivity index (χ2n) is 3.16. The zero-order chi connectivity index (χ0) is 11.0. The van der Waals surface area contributed by atoms with E-state index in [4.69, 9.17) is 4.74 Å². The van der Waals surface area contributed by atoms with Crippen molar-refractivity contribution in [3.05, 3.63) is 28.9 Å². The van der Waals surface area contributed by atoms with E-state index < -0.39 is 0 Å². The molecule has 0 N–H and O–H groups in total. The van der Waals surface area contributed by atoms with Crippen LogP contribution in [-0.2, 0) is 0 Å². The number of Topliss-reactive ketones (excluding diaryl/α,β-unsaturated/α-hetero) is 1. The van der Waals surface area contributed by atoms with E-state index in [1.54, 1.807) is 6.07 Å². The molecule has 78 valence electrons. The molecule has 2 aromatic rings. The molecule has 0 saturated carbocycles. The lowest BCUT2D eigenvalue weighted by Crippen LogP contribution is -1.91. The van der Waals surface area contributed by atoms with Crippen molar-refractivity contribution in [1.82, 2.24) is 0 Å². The van der Waals surface area contributed by atoms with Crippen LogP contribution >= 0.6 is 11.3 Å². The van der Waals surface area contributed by atoms with Crippen LogP contribution in [0.4, 0.5) is 4.39 Å². The number of hydrogen-bond donors (Lipinski definition) is 0. The highest BCUT2D eigenvalue weighted by Gasteiger charge is 2.16. The summed E-state index contributed by atoms with van der Waals surface area (Å²) in [6, 6.07) is 4.41. The number of benzene rings is 1. The van der Waals surface area contributed by atoms with Crippen molar-refractivity contribution in [2.75, 3.05) is 7.11 Å². The van der Waals surface area contributed by atoms with Crippen molar-refractivity contribution < 1.29 is 13.9 Å². The third-order valence-corrected chi connectivity index (χ3v) is 3.37. The van der Waals surface area contributed by atoms with Gasteiger partial charge in [-0.15, -0.1) is 11.3 Å². The molecule has 4 heteroatoms. The van der Waals surface area contributed by atoms with Gasteiger partial charge in [0.25, 0.3) is 0 Å². The van der Waals surface area contributed by atoms with E-state index in [1.807, 2.05) is 0 Å². The quantitative estimate of drug-likeness (QED) is 0.732. The molecule has 15 heavy (non-hydrogen) atoms. The molecule has 1 aromatic heterocycles. The van der Waals surface area contributed by atoms with Crippen LogP contribution in [0, 0.1) is 5.82 Å². The Morgan fingerprint density at radius 2 is 2.20 bits per heavy atom. The smallest absolute Gasteiger partial charge is 0.173 e. The normalized spacial score (nSPS) is 10.6. The van der Waals surface area contributed by atoms with E-state index in [0.717, 1.165) is 10.1 Å². The fourth-order valence-corrected chi connectivity index (χ4v) is 2.57. The zero-order valence-electron chi connectivity index (χ0n) is 8.33. The van der Waals surface area contributed by atoms with E-state index in [2.05, 4.69) is 0 Å². The number of carbonyl (C=O) groups is 1. The molecule has 0 radical (unpaired) electrons. The van der Waals surface area contributed by atoms with Gasteiger partial charge >= 0.3 is 0 Å². The number of halogens is 1. The largest absolute Gasteiger partial charge is 0.494 e. The van der Waals surface area contributed by atoms with Crippen molar-refractivity contribution in [3.8, 4) is 5.75 Å². The van der Waals surface area contributed by atoms with Gasteiger partial charge in [-0.05, 0) is 18.2 Å². The first-order valence-corrected chi connectivity index (χ1v) is 5.22. The maximum Gasteiger partial charge on any atom is 0.173 e. The molecule has 0 aliphatic rings. The summed E-state index contributed by atoms with van der Waals surface area (Å²) in [5.41, 5.74) is 0. The first kappa shape index (κ1) is 10.1. The van der Waals surface area contributed by atoms with Gasteiger partial charge in [0.15, 0.2) is 5.78 Å². The number of methoxy groups -OCH3 is 1. The van der Waals surface area contributed by atoms with Gasteiger partial charge < -0.3 is 4.74 Å². The number of ketones is 1. The summed E-state index contributed by atoms with van der Waals surface area (Å²) < 4.78 is 18.9. The molecule has 0 saturated heterocycles. The minimum Gasteiger partial charge on any atom is -0.494 e. The van der Waals surface area contributed by atoms with Gasteiger partial charge in [-0.3, -0.25) is 4.79 Å². The van der Waals surface area contributed by atoms with E-state index >= 15 is 0 Å². The topological polar surface area (TPSA) is 26.3 Å². The minimum absolute atomic E-state index is 0.0616. The first-order valence-electron chi connectivity index (χ1n) is 4.40. The molecule has 0 unspecified atom stereocenters. The summed E-state index contributed by atoms with van der Waals surface area (Å²) in [7, 11) is 1.51. The second-order valence-corrected chi connectivity index (χ2v) is 4.21. The summed E-state index contributed by atoms with van der Waals surface area (Å²) in [4.78, 5) is 11.9. The van der Waals surface area contributed by atoms with Crippen molar-refractivity contribution >= 4 is 27.2 Å². The Bertz CT molecular complexity index is 531. The number of thiophene rings is 1. The average Bonchev–Trinajstić information content (AvgIpc) is 2.55. The fraction of sp³-hybridized carbons (Fsp3) is 0.182. The van der Waals surface area contributed by atoms with Crippen LogP contribution in [0.5, 0.6) is 5.75 Å². The molecule has 0 aliphatic carbocycles. The predicted octanol–water partition coefficient (Wildman–Crippen LogP) is 3.25. The Morgan fingerprint density at radius 1 is 1.47 bits per heavy atom. The second kappa shape index (κ2) is 3.62. The lowest BCUT2D eigenvalue weighted by Gasteiger charge is -1.99. The van der Waals surface area contributed by atoms with Crippen LogP contribution in [0.2, 0.25) is 0 Å². The molecule has 0 bridgehead atoms. The van der Waals surface area contributed by atoms with Crippen LogP contribution in [0.25, 0.3) is 10.1 Å². The summed E-state index contributed by atoms with van der Waals surface area (Å²) in [6.07, 6.45) is 0. The van der Waals surface area contributed by atoms with Gasteiger partial charge in [0.05, 0.1) is 7.11 Å². The molecular formula is C11H9FO2S. The van der Waals surface area contributed by atoms with E-state index in [9.17, 15) is 9.18 Å². The maximum atomic E-state index is 13.0. The molecule has 0 amide bonds. The van der Waals surface area contributed by atoms with Crippen molar-refractivity contribution in [1.29, 1.82) is 0 Å². The van der Waals surface area contributed by atoms with Gasteiger partial charge in [0.2, 0.25) is 0 Å². The molecule has 1 aromatic carbocycles. The molecule has 2 rings (SSSR count). The number of hydrogen-bond acceptors (Lipinski definition) is 3. The van der Waals surface area contributed by atoms with Gasteiger partial charge in [0.1, 0.15) is 16.4 Å².